The van der Waals surface area contributed by atoms with Gasteiger partial charge in [0.2, 0.25) is 6.33 Å². The minimum atomic E-state index is -0.535. The molecule has 0 aromatic carbocycles. The summed E-state index contributed by atoms with van der Waals surface area (Å²) in [4.78, 5) is 21.1. The molecule has 1 aromatic heterocycles. The molecule has 0 aliphatic carbocycles. The van der Waals surface area contributed by atoms with Gasteiger partial charge < -0.3 is 16.0 Å². The molecule has 3 N–H and O–H groups in total. The minimum Gasteiger partial charge on any atom is -0.364 e. The first kappa shape index (κ1) is 10.8. The molecule has 0 unspecified atom stereocenters. The highest BCUT2D eigenvalue weighted by atomic mass is 16.1. The summed E-state index contributed by atoms with van der Waals surface area (Å²) in [6.45, 7) is 5.36. The quantitative estimate of drug-likeness (QED) is 0.674. The van der Waals surface area contributed by atoms with E-state index in [0.717, 1.165) is 37.6 Å². The van der Waals surface area contributed by atoms with Crippen LogP contribution in [-0.2, 0) is 0 Å². The molecule has 1 aromatic rings. The zero-order chi connectivity index (χ0) is 11.5. The number of carbonyl (C=O) groups excluding carboxylic acids is 1. The van der Waals surface area contributed by atoms with Crippen LogP contribution < -0.4 is 16.0 Å². The molecular weight excluding hydrogens is 206 g/mol. The average molecular weight is 220 g/mol. The highest BCUT2D eigenvalue weighted by molar-refractivity contribution is 5.93. The minimum absolute atomic E-state index is 0.253. The van der Waals surface area contributed by atoms with Gasteiger partial charge in [0.05, 0.1) is 0 Å². The Morgan fingerprint density at radius 3 is 2.75 bits per heavy atom. The number of hydrogen-bond acceptors (Lipinski definition) is 5. The van der Waals surface area contributed by atoms with Crippen molar-refractivity contribution in [3.05, 3.63) is 17.6 Å². The maximum atomic E-state index is 11.1. The molecule has 1 fully saturated rings. The van der Waals surface area contributed by atoms with Gasteiger partial charge in [-0.3, -0.25) is 4.79 Å². The van der Waals surface area contributed by atoms with Gasteiger partial charge in [-0.25, -0.2) is 9.97 Å². The number of aromatic nitrogens is 2. The molecular formula is C10H14N5O. The van der Waals surface area contributed by atoms with Gasteiger partial charge in [0.1, 0.15) is 11.5 Å². The molecule has 1 aliphatic rings. The molecule has 6 nitrogen and oxygen atoms in total. The Morgan fingerprint density at radius 1 is 1.44 bits per heavy atom. The molecule has 1 radical (unpaired) electrons. The molecule has 1 saturated heterocycles. The average Bonchev–Trinajstić information content (AvgIpc) is 2.30. The predicted molar refractivity (Wildman–Crippen MR) is 59.2 cm³/mol. The first-order chi connectivity index (χ1) is 7.70. The standard InChI is InChI=1S/C10H14N5O/c1-7-8(9(11)16)13-6-14-10(7)15-4-2-12-3-5-15/h12H,2-5H2,1H3,(H2,11,16). The number of carbonyl (C=O) groups is 1. The molecule has 0 bridgehead atoms. The molecule has 2 rings (SSSR count). The number of primary amides is 1. The van der Waals surface area contributed by atoms with E-state index in [-0.39, 0.29) is 5.69 Å². The lowest BCUT2D eigenvalue weighted by atomic mass is 10.2. The number of nitrogens with zero attached hydrogens (tertiary/aromatic N) is 3. The summed E-state index contributed by atoms with van der Waals surface area (Å²) in [5.41, 5.74) is 6.22. The van der Waals surface area contributed by atoms with Crippen molar-refractivity contribution in [2.45, 2.75) is 6.92 Å². The summed E-state index contributed by atoms with van der Waals surface area (Å²) in [7, 11) is 0. The van der Waals surface area contributed by atoms with Crippen LogP contribution >= 0.6 is 0 Å². The summed E-state index contributed by atoms with van der Waals surface area (Å²) in [5.74, 6) is 0.220. The fraction of sp³-hybridized carbons (Fsp3) is 0.500. The normalized spacial score (nSPS) is 16.2. The van der Waals surface area contributed by atoms with Gasteiger partial charge in [-0.05, 0) is 6.92 Å². The Balaban J connectivity index is 2.33. The van der Waals surface area contributed by atoms with E-state index in [1.807, 2.05) is 6.92 Å². The van der Waals surface area contributed by atoms with Gasteiger partial charge in [0.15, 0.2) is 0 Å². The molecule has 1 amide bonds. The third-order valence-corrected chi connectivity index (χ3v) is 2.66. The molecule has 0 atom stereocenters. The third-order valence-electron chi connectivity index (χ3n) is 2.66. The molecule has 1 aliphatic heterocycles. The van der Waals surface area contributed by atoms with Crippen LogP contribution in [0.15, 0.2) is 0 Å². The van der Waals surface area contributed by atoms with Crippen molar-refractivity contribution in [1.82, 2.24) is 15.3 Å². The van der Waals surface area contributed by atoms with Crippen LogP contribution in [-0.4, -0.2) is 42.1 Å². The lowest BCUT2D eigenvalue weighted by Gasteiger charge is -2.29. The number of nitrogens with two attached hydrogens (primary N) is 1. The second kappa shape index (κ2) is 4.44. The number of piperazine rings is 1. The SMILES string of the molecule is Cc1c(C(N)=O)n[c]nc1N1CCNCC1. The Bertz CT molecular complexity index is 400. The maximum absolute atomic E-state index is 11.1. The lowest BCUT2D eigenvalue weighted by molar-refractivity contribution is 0.0994. The van der Waals surface area contributed by atoms with E-state index >= 15 is 0 Å². The zero-order valence-corrected chi connectivity index (χ0v) is 9.16. The number of hydrogen-bond donors (Lipinski definition) is 2. The summed E-state index contributed by atoms with van der Waals surface area (Å²) in [6.07, 6.45) is 2.49. The third kappa shape index (κ3) is 1.96. The Hall–Kier alpha value is -1.69. The first-order valence-corrected chi connectivity index (χ1v) is 5.20. The highest BCUT2D eigenvalue weighted by Crippen LogP contribution is 2.18. The summed E-state index contributed by atoms with van der Waals surface area (Å²) < 4.78 is 0. The molecule has 85 valence electrons. The van der Waals surface area contributed by atoms with E-state index in [9.17, 15) is 4.79 Å². The van der Waals surface area contributed by atoms with Crippen LogP contribution in [0.1, 0.15) is 16.1 Å². The van der Waals surface area contributed by atoms with Crippen LogP contribution in [0.25, 0.3) is 0 Å². The van der Waals surface area contributed by atoms with Crippen molar-refractivity contribution < 1.29 is 4.79 Å². The topological polar surface area (TPSA) is 84.1 Å². The number of amides is 1. The van der Waals surface area contributed by atoms with Crippen molar-refractivity contribution >= 4 is 11.7 Å². The van der Waals surface area contributed by atoms with Crippen LogP contribution in [0.2, 0.25) is 0 Å². The smallest absolute Gasteiger partial charge is 0.267 e. The maximum Gasteiger partial charge on any atom is 0.267 e. The van der Waals surface area contributed by atoms with Gasteiger partial charge >= 0.3 is 0 Å². The largest absolute Gasteiger partial charge is 0.364 e. The summed E-state index contributed by atoms with van der Waals surface area (Å²) in [6, 6.07) is 0. The van der Waals surface area contributed by atoms with Gasteiger partial charge in [-0.2, -0.15) is 0 Å². The van der Waals surface area contributed by atoms with E-state index in [1.165, 1.54) is 0 Å². The van der Waals surface area contributed by atoms with E-state index in [4.69, 9.17) is 5.73 Å². The number of anilines is 1. The second-order valence-corrected chi connectivity index (χ2v) is 3.72. The Labute approximate surface area is 93.9 Å². The van der Waals surface area contributed by atoms with E-state index in [2.05, 4.69) is 26.5 Å². The van der Waals surface area contributed by atoms with Crippen molar-refractivity contribution in [2.75, 3.05) is 31.1 Å². The number of nitrogens with one attached hydrogen (secondary N) is 1. The van der Waals surface area contributed by atoms with Crippen LogP contribution in [0, 0.1) is 13.3 Å². The molecule has 6 heteroatoms. The van der Waals surface area contributed by atoms with E-state index < -0.39 is 5.91 Å². The molecule has 16 heavy (non-hydrogen) atoms. The first-order valence-electron chi connectivity index (χ1n) is 5.20. The van der Waals surface area contributed by atoms with Crippen LogP contribution in [0.5, 0.6) is 0 Å². The summed E-state index contributed by atoms with van der Waals surface area (Å²) >= 11 is 0. The lowest BCUT2D eigenvalue weighted by Crippen LogP contribution is -2.44. The predicted octanol–water partition coefficient (Wildman–Crippen LogP) is -0.906. The van der Waals surface area contributed by atoms with Crippen molar-refractivity contribution in [3.8, 4) is 0 Å². The number of rotatable bonds is 2. The van der Waals surface area contributed by atoms with Crippen molar-refractivity contribution in [2.24, 2.45) is 5.73 Å². The second-order valence-electron chi connectivity index (χ2n) is 3.72. The van der Waals surface area contributed by atoms with Gasteiger partial charge in [0, 0.05) is 31.7 Å². The molecule has 2 heterocycles. The van der Waals surface area contributed by atoms with Gasteiger partial charge in [0.25, 0.3) is 5.91 Å². The zero-order valence-electron chi connectivity index (χ0n) is 9.16. The Kier molecular flexibility index (Phi) is 3.00. The summed E-state index contributed by atoms with van der Waals surface area (Å²) in [5, 5.41) is 3.25. The highest BCUT2D eigenvalue weighted by Gasteiger charge is 2.18. The molecule has 0 saturated carbocycles. The fourth-order valence-corrected chi connectivity index (χ4v) is 1.82. The van der Waals surface area contributed by atoms with E-state index in [0.29, 0.717) is 0 Å². The monoisotopic (exact) mass is 220 g/mol. The van der Waals surface area contributed by atoms with Gasteiger partial charge in [-0.15, -0.1) is 0 Å². The van der Waals surface area contributed by atoms with Crippen LogP contribution in [0.4, 0.5) is 5.82 Å². The van der Waals surface area contributed by atoms with Crippen LogP contribution in [0.3, 0.4) is 0 Å². The molecule has 0 spiro atoms. The van der Waals surface area contributed by atoms with Crippen molar-refractivity contribution in [1.29, 1.82) is 0 Å². The van der Waals surface area contributed by atoms with Crippen molar-refractivity contribution in [3.63, 3.8) is 0 Å². The Morgan fingerprint density at radius 2 is 2.12 bits per heavy atom. The van der Waals surface area contributed by atoms with Gasteiger partial charge in [-0.1, -0.05) is 0 Å². The fourth-order valence-electron chi connectivity index (χ4n) is 1.82. The van der Waals surface area contributed by atoms with E-state index in [1.54, 1.807) is 0 Å².